The fourth-order valence-electron chi connectivity index (χ4n) is 2.74. The Balaban J connectivity index is 2.00. The fourth-order valence-corrected chi connectivity index (χ4v) is 2.74. The lowest BCUT2D eigenvalue weighted by Gasteiger charge is -2.22. The first-order chi connectivity index (χ1) is 12.5. The van der Waals surface area contributed by atoms with E-state index in [-0.39, 0.29) is 11.8 Å². The molecule has 7 heteroatoms. The number of aryl methyl sites for hydroxylation is 1. The van der Waals surface area contributed by atoms with Crippen molar-refractivity contribution in [3.63, 3.8) is 0 Å². The number of hydrogen-bond donors (Lipinski definition) is 3. The van der Waals surface area contributed by atoms with E-state index in [0.29, 0.717) is 17.9 Å². The minimum absolute atomic E-state index is 0.0795. The molecule has 2 aromatic heterocycles. The van der Waals surface area contributed by atoms with E-state index in [4.69, 9.17) is 5.73 Å². The van der Waals surface area contributed by atoms with Crippen LogP contribution in [0.1, 0.15) is 19.0 Å². The Kier molecular flexibility index (Phi) is 5.18. The molecular formula is C19H24N6O. The molecule has 1 aromatic carbocycles. The average molecular weight is 352 g/mol. The van der Waals surface area contributed by atoms with Crippen molar-refractivity contribution in [2.45, 2.75) is 26.3 Å². The number of benzene rings is 1. The number of rotatable bonds is 6. The van der Waals surface area contributed by atoms with Crippen LogP contribution in [-0.4, -0.2) is 44.9 Å². The van der Waals surface area contributed by atoms with E-state index in [1.807, 2.05) is 43.1 Å². The number of phenols is 1. The zero-order valence-corrected chi connectivity index (χ0v) is 15.3. The Bertz CT molecular complexity index is 878. The van der Waals surface area contributed by atoms with E-state index in [2.05, 4.69) is 27.1 Å². The number of anilines is 1. The van der Waals surface area contributed by atoms with Gasteiger partial charge in [0, 0.05) is 43.2 Å². The van der Waals surface area contributed by atoms with Crippen LogP contribution in [-0.2, 0) is 0 Å². The molecule has 3 rings (SSSR count). The SMILES string of the molecule is CC[C@H](N)CN(C)c1cc(C)nc(-c2cc(-c3ccn[nH]3)ccc2O)n1. The Morgan fingerprint density at radius 1 is 1.23 bits per heavy atom. The normalized spacial score (nSPS) is 12.2. The van der Waals surface area contributed by atoms with E-state index in [9.17, 15) is 5.11 Å². The maximum Gasteiger partial charge on any atom is 0.165 e. The van der Waals surface area contributed by atoms with Gasteiger partial charge in [0.2, 0.25) is 0 Å². The molecule has 0 saturated carbocycles. The van der Waals surface area contributed by atoms with E-state index in [1.54, 1.807) is 12.3 Å². The molecule has 26 heavy (non-hydrogen) atoms. The summed E-state index contributed by atoms with van der Waals surface area (Å²) in [7, 11) is 1.96. The highest BCUT2D eigenvalue weighted by Gasteiger charge is 2.14. The van der Waals surface area contributed by atoms with Crippen molar-refractivity contribution in [3.05, 3.63) is 42.2 Å². The summed E-state index contributed by atoms with van der Waals surface area (Å²) in [6.07, 6.45) is 2.59. The Labute approximate surface area is 152 Å². The summed E-state index contributed by atoms with van der Waals surface area (Å²) < 4.78 is 0. The standard InChI is InChI=1S/C19H24N6O/c1-4-14(20)11-25(3)18-9-12(2)22-19(23-18)15-10-13(5-6-17(15)26)16-7-8-21-24-16/h5-10,14,26H,4,11,20H2,1-3H3,(H,21,24)/t14-/m0/s1. The van der Waals surface area contributed by atoms with E-state index in [0.717, 1.165) is 29.2 Å². The van der Waals surface area contributed by atoms with Gasteiger partial charge in [-0.2, -0.15) is 5.10 Å². The predicted octanol–water partition coefficient (Wildman–Crippen LogP) is 2.72. The lowest BCUT2D eigenvalue weighted by Crippen LogP contribution is -2.35. The molecule has 0 spiro atoms. The second-order valence-electron chi connectivity index (χ2n) is 6.44. The van der Waals surface area contributed by atoms with E-state index < -0.39 is 0 Å². The van der Waals surface area contributed by atoms with Gasteiger partial charge in [0.15, 0.2) is 5.82 Å². The zero-order valence-electron chi connectivity index (χ0n) is 15.3. The Hall–Kier alpha value is -2.93. The molecule has 2 heterocycles. The molecule has 0 aliphatic carbocycles. The highest BCUT2D eigenvalue weighted by atomic mass is 16.3. The van der Waals surface area contributed by atoms with Crippen molar-refractivity contribution in [1.29, 1.82) is 0 Å². The summed E-state index contributed by atoms with van der Waals surface area (Å²) in [4.78, 5) is 11.2. The maximum atomic E-state index is 10.4. The van der Waals surface area contributed by atoms with E-state index >= 15 is 0 Å². The van der Waals surface area contributed by atoms with Gasteiger partial charge in [0.05, 0.1) is 11.3 Å². The van der Waals surface area contributed by atoms with Crippen LogP contribution in [0, 0.1) is 6.92 Å². The third-order valence-corrected chi connectivity index (χ3v) is 4.31. The number of phenolic OH excluding ortho intramolecular Hbond substituents is 1. The number of aromatic amines is 1. The van der Waals surface area contributed by atoms with E-state index in [1.165, 1.54) is 0 Å². The summed E-state index contributed by atoms with van der Waals surface area (Å²) in [5, 5.41) is 17.2. The van der Waals surface area contributed by atoms with Crippen LogP contribution < -0.4 is 10.6 Å². The number of hydrogen-bond acceptors (Lipinski definition) is 6. The maximum absolute atomic E-state index is 10.4. The van der Waals surface area contributed by atoms with Gasteiger partial charge in [-0.05, 0) is 37.6 Å². The Morgan fingerprint density at radius 3 is 2.73 bits per heavy atom. The Morgan fingerprint density at radius 2 is 2.04 bits per heavy atom. The topological polar surface area (TPSA) is 104 Å². The van der Waals surface area contributed by atoms with Gasteiger partial charge in [-0.3, -0.25) is 5.10 Å². The van der Waals surface area contributed by atoms with Gasteiger partial charge in [0.1, 0.15) is 11.6 Å². The van der Waals surface area contributed by atoms with Gasteiger partial charge < -0.3 is 15.7 Å². The zero-order chi connectivity index (χ0) is 18.7. The molecule has 136 valence electrons. The van der Waals surface area contributed by atoms with Crippen LogP contribution in [0.25, 0.3) is 22.6 Å². The van der Waals surface area contributed by atoms with Crippen LogP contribution in [0.3, 0.4) is 0 Å². The molecule has 0 fully saturated rings. The number of nitrogens with two attached hydrogens (primary N) is 1. The molecule has 0 aliphatic rings. The van der Waals surface area contributed by atoms with Gasteiger partial charge >= 0.3 is 0 Å². The second-order valence-corrected chi connectivity index (χ2v) is 6.44. The van der Waals surface area contributed by atoms with Crippen molar-refractivity contribution in [2.75, 3.05) is 18.5 Å². The van der Waals surface area contributed by atoms with Crippen LogP contribution in [0.15, 0.2) is 36.5 Å². The van der Waals surface area contributed by atoms with Gasteiger partial charge in [-0.25, -0.2) is 9.97 Å². The summed E-state index contributed by atoms with van der Waals surface area (Å²) in [6.45, 7) is 4.68. The van der Waals surface area contributed by atoms with Crippen LogP contribution >= 0.6 is 0 Å². The smallest absolute Gasteiger partial charge is 0.165 e. The minimum atomic E-state index is 0.0795. The summed E-state index contributed by atoms with van der Waals surface area (Å²) >= 11 is 0. The van der Waals surface area contributed by atoms with Crippen molar-refractivity contribution in [1.82, 2.24) is 20.2 Å². The van der Waals surface area contributed by atoms with Crippen molar-refractivity contribution >= 4 is 5.82 Å². The molecular weight excluding hydrogens is 328 g/mol. The summed E-state index contributed by atoms with van der Waals surface area (Å²) in [5.41, 5.74) is 9.24. The number of aromatic hydroxyl groups is 1. The van der Waals surface area contributed by atoms with Gasteiger partial charge in [-0.15, -0.1) is 0 Å². The third kappa shape index (κ3) is 3.83. The number of likely N-dealkylation sites (N-methyl/N-ethyl adjacent to an activating group) is 1. The predicted molar refractivity (Wildman–Crippen MR) is 103 cm³/mol. The van der Waals surface area contributed by atoms with Crippen LogP contribution in [0.5, 0.6) is 5.75 Å². The first-order valence-corrected chi connectivity index (χ1v) is 8.63. The molecule has 0 aliphatic heterocycles. The molecule has 0 bridgehead atoms. The first kappa shape index (κ1) is 17.9. The monoisotopic (exact) mass is 352 g/mol. The van der Waals surface area contributed by atoms with Gasteiger partial charge in [0.25, 0.3) is 0 Å². The van der Waals surface area contributed by atoms with Gasteiger partial charge in [-0.1, -0.05) is 6.92 Å². The molecule has 0 unspecified atom stereocenters. The number of H-pyrrole nitrogens is 1. The second kappa shape index (κ2) is 7.53. The summed E-state index contributed by atoms with van der Waals surface area (Å²) in [5.74, 6) is 1.40. The molecule has 7 nitrogen and oxygen atoms in total. The highest BCUT2D eigenvalue weighted by molar-refractivity contribution is 5.73. The fraction of sp³-hybridized carbons (Fsp3) is 0.316. The largest absolute Gasteiger partial charge is 0.507 e. The number of nitrogens with one attached hydrogen (secondary N) is 1. The quantitative estimate of drug-likeness (QED) is 0.630. The molecule has 4 N–H and O–H groups in total. The van der Waals surface area contributed by atoms with Crippen LogP contribution in [0.4, 0.5) is 5.82 Å². The highest BCUT2D eigenvalue weighted by Crippen LogP contribution is 2.32. The molecule has 0 amide bonds. The van der Waals surface area contributed by atoms with Crippen molar-refractivity contribution in [3.8, 4) is 28.4 Å². The van der Waals surface area contributed by atoms with Crippen molar-refractivity contribution in [2.24, 2.45) is 5.73 Å². The molecule has 0 saturated heterocycles. The number of nitrogens with zero attached hydrogens (tertiary/aromatic N) is 4. The minimum Gasteiger partial charge on any atom is -0.507 e. The average Bonchev–Trinajstić information content (AvgIpc) is 3.16. The molecule has 3 aromatic rings. The lowest BCUT2D eigenvalue weighted by atomic mass is 10.1. The summed E-state index contributed by atoms with van der Waals surface area (Å²) in [6, 6.07) is 9.21. The molecule has 1 atom stereocenters. The van der Waals surface area contributed by atoms with Crippen molar-refractivity contribution < 1.29 is 5.11 Å². The third-order valence-electron chi connectivity index (χ3n) is 4.31. The first-order valence-electron chi connectivity index (χ1n) is 8.63. The number of aromatic nitrogens is 4. The lowest BCUT2D eigenvalue weighted by molar-refractivity contribution is 0.477. The van der Waals surface area contributed by atoms with Crippen LogP contribution in [0.2, 0.25) is 0 Å². The molecule has 0 radical (unpaired) electrons.